The molecule has 0 atom stereocenters. The molecule has 1 N–H and O–H groups in total. The highest BCUT2D eigenvalue weighted by Gasteiger charge is 2.27. The third-order valence-corrected chi connectivity index (χ3v) is 2.32. The third-order valence-electron chi connectivity index (χ3n) is 2.32. The number of halogens is 3. The molecule has 102 valence electrons. The van der Waals surface area contributed by atoms with Crippen LogP contribution in [0.1, 0.15) is 5.56 Å². The van der Waals surface area contributed by atoms with Crippen molar-refractivity contribution >= 4 is 0 Å². The topological polar surface area (TPSA) is 39.1 Å². The first-order valence-electron chi connectivity index (χ1n) is 5.55. The Morgan fingerprint density at radius 2 is 1.95 bits per heavy atom. The van der Waals surface area contributed by atoms with Crippen molar-refractivity contribution in [3.63, 3.8) is 0 Å². The van der Waals surface area contributed by atoms with Gasteiger partial charge in [0.1, 0.15) is 0 Å². The molecule has 1 heterocycles. The van der Waals surface area contributed by atoms with Gasteiger partial charge in [-0.2, -0.15) is 23.8 Å². The van der Waals surface area contributed by atoms with Crippen LogP contribution < -0.4 is 5.48 Å². The van der Waals surface area contributed by atoms with Gasteiger partial charge in [-0.05, 0) is 23.8 Å². The van der Waals surface area contributed by atoms with Crippen LogP contribution in [0.2, 0.25) is 0 Å². The molecule has 0 unspecified atom stereocenters. The van der Waals surface area contributed by atoms with Crippen LogP contribution in [-0.2, 0) is 11.4 Å². The fourth-order valence-corrected chi connectivity index (χ4v) is 1.46. The molecule has 7 heteroatoms. The van der Waals surface area contributed by atoms with Crippen molar-refractivity contribution in [2.75, 3.05) is 6.61 Å². The Morgan fingerprint density at radius 1 is 1.21 bits per heavy atom. The monoisotopic (exact) mass is 271 g/mol. The van der Waals surface area contributed by atoms with Crippen molar-refractivity contribution in [1.82, 2.24) is 15.3 Å². The van der Waals surface area contributed by atoms with Gasteiger partial charge in [0, 0.05) is 18.9 Å². The average molecular weight is 271 g/mol. The Hall–Kier alpha value is -1.86. The number of benzene rings is 1. The Bertz CT molecular complexity index is 494. The summed E-state index contributed by atoms with van der Waals surface area (Å²) in [4.78, 5) is 4.31. The minimum Gasteiger partial charge on any atom is -0.292 e. The van der Waals surface area contributed by atoms with Gasteiger partial charge >= 0.3 is 6.18 Å². The minimum absolute atomic E-state index is 0.204. The maximum absolute atomic E-state index is 11.8. The summed E-state index contributed by atoms with van der Waals surface area (Å²) in [7, 11) is 0. The van der Waals surface area contributed by atoms with Crippen LogP contribution in [0.15, 0.2) is 42.7 Å². The molecule has 0 aliphatic carbocycles. The molecule has 0 radical (unpaired) electrons. The number of hydrogen-bond donors (Lipinski definition) is 1. The molecule has 1 aromatic heterocycles. The van der Waals surface area contributed by atoms with Crippen LogP contribution in [-0.4, -0.2) is 22.6 Å². The van der Waals surface area contributed by atoms with E-state index in [4.69, 9.17) is 0 Å². The van der Waals surface area contributed by atoms with E-state index < -0.39 is 12.8 Å². The highest BCUT2D eigenvalue weighted by molar-refractivity contribution is 5.33. The van der Waals surface area contributed by atoms with Crippen LogP contribution >= 0.6 is 0 Å². The maximum Gasteiger partial charge on any atom is 0.413 e. The second-order valence-corrected chi connectivity index (χ2v) is 3.84. The first-order chi connectivity index (χ1) is 9.04. The summed E-state index contributed by atoms with van der Waals surface area (Å²) in [6, 6.07) is 9.05. The molecule has 4 nitrogen and oxygen atoms in total. The summed E-state index contributed by atoms with van der Waals surface area (Å²) in [5, 5.41) is 4.07. The van der Waals surface area contributed by atoms with Gasteiger partial charge in [-0.3, -0.25) is 4.84 Å². The Kier molecular flexibility index (Phi) is 4.18. The van der Waals surface area contributed by atoms with Gasteiger partial charge < -0.3 is 0 Å². The lowest BCUT2D eigenvalue weighted by molar-refractivity contribution is -0.190. The number of aromatic nitrogens is 2. The summed E-state index contributed by atoms with van der Waals surface area (Å²) in [5.74, 6) is 0. The Morgan fingerprint density at radius 3 is 2.53 bits per heavy atom. The minimum atomic E-state index is -4.32. The molecule has 19 heavy (non-hydrogen) atoms. The van der Waals surface area contributed by atoms with E-state index in [1.54, 1.807) is 35.3 Å². The second-order valence-electron chi connectivity index (χ2n) is 3.84. The maximum atomic E-state index is 11.8. The highest BCUT2D eigenvalue weighted by Crippen LogP contribution is 2.14. The quantitative estimate of drug-likeness (QED) is 0.670. The molecule has 0 aliphatic rings. The van der Waals surface area contributed by atoms with E-state index in [9.17, 15) is 13.2 Å². The van der Waals surface area contributed by atoms with Gasteiger partial charge in [-0.15, -0.1) is 0 Å². The molecule has 0 fully saturated rings. The van der Waals surface area contributed by atoms with Crippen molar-refractivity contribution in [1.29, 1.82) is 0 Å². The van der Waals surface area contributed by atoms with E-state index in [0.717, 1.165) is 11.3 Å². The molecule has 0 amide bonds. The van der Waals surface area contributed by atoms with E-state index >= 15 is 0 Å². The molecule has 0 aliphatic heterocycles. The molecule has 1 aromatic carbocycles. The lowest BCUT2D eigenvalue weighted by atomic mass is 10.2. The van der Waals surface area contributed by atoms with Crippen LogP contribution in [0, 0.1) is 0 Å². The lowest BCUT2D eigenvalue weighted by Crippen LogP contribution is -2.24. The van der Waals surface area contributed by atoms with E-state index in [-0.39, 0.29) is 6.54 Å². The normalized spacial score (nSPS) is 11.7. The van der Waals surface area contributed by atoms with Crippen molar-refractivity contribution in [2.24, 2.45) is 0 Å². The molecule has 0 saturated carbocycles. The molecule has 2 aromatic rings. The smallest absolute Gasteiger partial charge is 0.292 e. The summed E-state index contributed by atoms with van der Waals surface area (Å²) in [6.45, 7) is -1.10. The van der Waals surface area contributed by atoms with Crippen LogP contribution in [0.4, 0.5) is 13.2 Å². The van der Waals surface area contributed by atoms with Gasteiger partial charge in [0.2, 0.25) is 0 Å². The number of hydroxylamine groups is 1. The average Bonchev–Trinajstić information content (AvgIpc) is 2.88. The summed E-state index contributed by atoms with van der Waals surface area (Å²) in [5.41, 5.74) is 3.97. The standard InChI is InChI=1S/C12H12F3N3O/c13-12(14,15)9-19-17-8-10-2-4-11(5-3-10)18-7-1-6-16-18/h1-7,17H,8-9H2. The molecular formula is C12H12F3N3O. The summed E-state index contributed by atoms with van der Waals surface area (Å²) in [6.07, 6.45) is -0.850. The van der Waals surface area contributed by atoms with Crippen molar-refractivity contribution in [3.05, 3.63) is 48.3 Å². The van der Waals surface area contributed by atoms with Crippen LogP contribution in [0.25, 0.3) is 5.69 Å². The predicted octanol–water partition coefficient (Wildman–Crippen LogP) is 2.46. The first-order valence-corrected chi connectivity index (χ1v) is 5.55. The zero-order valence-electron chi connectivity index (χ0n) is 9.89. The van der Waals surface area contributed by atoms with Gasteiger partial charge in [-0.25, -0.2) is 4.68 Å². The summed E-state index contributed by atoms with van der Waals surface area (Å²) >= 11 is 0. The lowest BCUT2D eigenvalue weighted by Gasteiger charge is -2.09. The Labute approximate surface area is 107 Å². The van der Waals surface area contributed by atoms with Crippen LogP contribution in [0.5, 0.6) is 0 Å². The fourth-order valence-electron chi connectivity index (χ4n) is 1.46. The molecule has 0 bridgehead atoms. The predicted molar refractivity (Wildman–Crippen MR) is 62.4 cm³/mol. The van der Waals surface area contributed by atoms with Crippen molar-refractivity contribution in [2.45, 2.75) is 12.7 Å². The number of alkyl halides is 3. The van der Waals surface area contributed by atoms with E-state index in [1.807, 2.05) is 12.1 Å². The van der Waals surface area contributed by atoms with Crippen LogP contribution in [0.3, 0.4) is 0 Å². The number of hydrogen-bond acceptors (Lipinski definition) is 3. The van der Waals surface area contributed by atoms with Gasteiger partial charge in [-0.1, -0.05) is 12.1 Å². The van der Waals surface area contributed by atoms with Crippen molar-refractivity contribution in [3.8, 4) is 5.69 Å². The first kappa shape index (κ1) is 13.6. The highest BCUT2D eigenvalue weighted by atomic mass is 19.4. The number of nitrogens with one attached hydrogen (secondary N) is 1. The molecule has 0 spiro atoms. The molecule has 2 rings (SSSR count). The summed E-state index contributed by atoms with van der Waals surface area (Å²) < 4.78 is 37.1. The SMILES string of the molecule is FC(F)(F)CONCc1ccc(-n2cccn2)cc1. The second kappa shape index (κ2) is 5.85. The number of rotatable bonds is 5. The van der Waals surface area contributed by atoms with E-state index in [0.29, 0.717) is 0 Å². The van der Waals surface area contributed by atoms with Gasteiger partial charge in [0.15, 0.2) is 6.61 Å². The van der Waals surface area contributed by atoms with E-state index in [2.05, 4.69) is 15.4 Å². The fraction of sp³-hybridized carbons (Fsp3) is 0.250. The number of nitrogens with zero attached hydrogens (tertiary/aromatic N) is 2. The van der Waals surface area contributed by atoms with Crippen molar-refractivity contribution < 1.29 is 18.0 Å². The van der Waals surface area contributed by atoms with Gasteiger partial charge in [0.05, 0.1) is 5.69 Å². The molecule has 0 saturated heterocycles. The third kappa shape index (κ3) is 4.38. The van der Waals surface area contributed by atoms with E-state index in [1.165, 1.54) is 0 Å². The zero-order chi connectivity index (χ0) is 13.7. The van der Waals surface area contributed by atoms with Gasteiger partial charge in [0.25, 0.3) is 0 Å². The molecular weight excluding hydrogens is 259 g/mol. The largest absolute Gasteiger partial charge is 0.413 e. The Balaban J connectivity index is 1.83. The zero-order valence-corrected chi connectivity index (χ0v) is 9.89.